The van der Waals surface area contributed by atoms with Crippen LogP contribution in [0.1, 0.15) is 53.4 Å². The molecule has 0 amide bonds. The zero-order chi connectivity index (χ0) is 25.2. The minimum atomic E-state index is 0. The van der Waals surface area contributed by atoms with Crippen molar-refractivity contribution in [2.75, 3.05) is 0 Å². The van der Waals surface area contributed by atoms with Crippen LogP contribution in [-0.2, 0) is 24.9 Å². The molecule has 0 aliphatic rings. The second-order valence-corrected chi connectivity index (χ2v) is 8.85. The maximum absolute atomic E-state index is 11.7. The average Bonchev–Trinajstić information content (AvgIpc) is 2.89. The van der Waals surface area contributed by atoms with E-state index >= 15 is 0 Å². The zero-order valence-corrected chi connectivity index (χ0v) is 24.0. The molecule has 0 spiro atoms. The van der Waals surface area contributed by atoms with Crippen molar-refractivity contribution in [1.29, 1.82) is 0 Å². The van der Waals surface area contributed by atoms with Crippen molar-refractivity contribution in [3.05, 3.63) is 90.8 Å². The number of benzene rings is 3. The molecule has 0 unspecified atom stereocenters. The summed E-state index contributed by atoms with van der Waals surface area (Å²) in [4.78, 5) is 16.3. The predicted octanol–water partition coefficient (Wildman–Crippen LogP) is 8.72. The van der Waals surface area contributed by atoms with Crippen molar-refractivity contribution in [3.63, 3.8) is 0 Å². The fraction of sp³-hybridized carbons (Fsp3) is 0.312. The molecule has 0 saturated heterocycles. The number of carbonyl (C=O) groups is 1. The molecular weight excluding hydrogens is 623 g/mol. The van der Waals surface area contributed by atoms with Gasteiger partial charge in [0.15, 0.2) is 5.78 Å². The maximum atomic E-state index is 11.7. The molecule has 1 heterocycles. The number of hydrogen-bond donors (Lipinski definition) is 1. The first-order valence-corrected chi connectivity index (χ1v) is 12.7. The first kappa shape index (κ1) is 29.4. The third kappa shape index (κ3) is 7.35. The second kappa shape index (κ2) is 14.7. The van der Waals surface area contributed by atoms with Gasteiger partial charge in [-0.15, -0.1) is 35.9 Å². The monoisotopic (exact) mass is 659 g/mol. The summed E-state index contributed by atoms with van der Waals surface area (Å²) in [6.45, 7) is 8.07. The molecule has 0 aliphatic carbocycles. The number of fused-ring (bicyclic) bond motifs is 2. The summed E-state index contributed by atoms with van der Waals surface area (Å²) in [6, 6.07) is 26.2. The quantitative estimate of drug-likeness (QED) is 0.0892. The molecule has 1 radical (unpaired) electrons. The summed E-state index contributed by atoms with van der Waals surface area (Å²) in [6.07, 6.45) is 6.77. The number of ketones is 1. The molecule has 3 nitrogen and oxygen atoms in total. The molecule has 0 aliphatic heterocycles. The molecule has 0 fully saturated rings. The topological polar surface area (TPSA) is 50.2 Å². The number of aliphatic hydroxyl groups is 1. The Hall–Kier alpha value is -2.81. The Labute approximate surface area is 229 Å². The first-order valence-electron chi connectivity index (χ1n) is 12.7. The van der Waals surface area contributed by atoms with E-state index in [0.29, 0.717) is 0 Å². The minimum Gasteiger partial charge on any atom is -0.512 e. The van der Waals surface area contributed by atoms with Crippen molar-refractivity contribution >= 4 is 27.3 Å². The smallest absolute Gasteiger partial charge is 0.162 e. The third-order valence-corrected chi connectivity index (χ3v) is 6.68. The molecule has 1 aromatic heterocycles. The van der Waals surface area contributed by atoms with Gasteiger partial charge in [-0.3, -0.25) is 4.79 Å². The van der Waals surface area contributed by atoms with Crippen LogP contribution in [0.5, 0.6) is 0 Å². The van der Waals surface area contributed by atoms with Crippen molar-refractivity contribution in [2.45, 2.75) is 53.4 Å². The third-order valence-electron chi connectivity index (χ3n) is 6.68. The Balaban J connectivity index is 0.000000260. The molecular formula is C32H36IrNO2-. The zero-order valence-electron chi connectivity index (χ0n) is 21.6. The second-order valence-electron chi connectivity index (χ2n) is 8.85. The van der Waals surface area contributed by atoms with Crippen LogP contribution in [0.2, 0.25) is 0 Å². The van der Waals surface area contributed by atoms with E-state index in [1.807, 2.05) is 52.1 Å². The van der Waals surface area contributed by atoms with Crippen LogP contribution in [0.25, 0.3) is 32.8 Å². The van der Waals surface area contributed by atoms with Gasteiger partial charge in [0.1, 0.15) is 0 Å². The molecule has 3 aromatic carbocycles. The van der Waals surface area contributed by atoms with Gasteiger partial charge in [0.05, 0.1) is 5.76 Å². The van der Waals surface area contributed by atoms with E-state index in [2.05, 4.69) is 59.6 Å². The summed E-state index contributed by atoms with van der Waals surface area (Å²) in [5.74, 6) is 0.547. The molecule has 1 N–H and O–H groups in total. The molecule has 36 heavy (non-hydrogen) atoms. The van der Waals surface area contributed by atoms with Crippen LogP contribution in [-0.4, -0.2) is 15.9 Å². The standard InChI is InChI=1S/C19H12N.C13H24O2.Ir/c1-2-6-14(7-3-1)19-18-13-16-9-5-4-8-15(16)12-17(18)10-11-20-19;1-5-10(6-2)12(14)9-13(15)11(7-3)8-4;/h1-6,8-13H;9-11,14H,5-8H2,1-4H3;/q-1;;. The van der Waals surface area contributed by atoms with Gasteiger partial charge in [-0.1, -0.05) is 58.0 Å². The van der Waals surface area contributed by atoms with E-state index in [1.54, 1.807) is 0 Å². The molecule has 0 bridgehead atoms. The molecule has 191 valence electrons. The summed E-state index contributed by atoms with van der Waals surface area (Å²) in [5, 5.41) is 14.6. The fourth-order valence-corrected chi connectivity index (χ4v) is 4.40. The summed E-state index contributed by atoms with van der Waals surface area (Å²) >= 11 is 0. The number of hydrogen-bond acceptors (Lipinski definition) is 3. The van der Waals surface area contributed by atoms with Crippen LogP contribution in [0.3, 0.4) is 0 Å². The van der Waals surface area contributed by atoms with Crippen LogP contribution in [0, 0.1) is 17.9 Å². The molecule has 4 rings (SSSR count). The number of carbonyl (C=O) groups excluding carboxylic acids is 1. The summed E-state index contributed by atoms with van der Waals surface area (Å²) in [5.41, 5.74) is 2.03. The van der Waals surface area contributed by atoms with Gasteiger partial charge in [-0.25, -0.2) is 0 Å². The van der Waals surface area contributed by atoms with Gasteiger partial charge in [-0.2, -0.15) is 0 Å². The summed E-state index contributed by atoms with van der Waals surface area (Å²) < 4.78 is 0. The van der Waals surface area contributed by atoms with E-state index in [-0.39, 0.29) is 43.5 Å². The van der Waals surface area contributed by atoms with E-state index < -0.39 is 0 Å². The van der Waals surface area contributed by atoms with Gasteiger partial charge in [0.25, 0.3) is 0 Å². The minimum absolute atomic E-state index is 0. The van der Waals surface area contributed by atoms with Gasteiger partial charge >= 0.3 is 0 Å². The maximum Gasteiger partial charge on any atom is 0.162 e. The number of aromatic nitrogens is 1. The van der Waals surface area contributed by atoms with E-state index in [0.717, 1.165) is 36.9 Å². The SMILES string of the molecule is CCC(CC)C(=O)C=C(O)C(CC)CC.[Ir].[c-]1ccccc1-c1nccc2cc3ccccc3cc12. The largest absolute Gasteiger partial charge is 0.512 e. The van der Waals surface area contributed by atoms with Gasteiger partial charge in [-0.05, 0) is 65.1 Å². The van der Waals surface area contributed by atoms with Crippen LogP contribution >= 0.6 is 0 Å². The summed E-state index contributed by atoms with van der Waals surface area (Å²) in [7, 11) is 0. The van der Waals surface area contributed by atoms with Crippen LogP contribution < -0.4 is 0 Å². The van der Waals surface area contributed by atoms with Crippen molar-refractivity contribution in [1.82, 2.24) is 4.98 Å². The molecule has 0 atom stereocenters. The van der Waals surface area contributed by atoms with Crippen molar-refractivity contribution in [2.24, 2.45) is 11.8 Å². The van der Waals surface area contributed by atoms with Gasteiger partial charge < -0.3 is 10.1 Å². The Morgan fingerprint density at radius 2 is 1.47 bits per heavy atom. The van der Waals surface area contributed by atoms with E-state index in [4.69, 9.17) is 0 Å². The van der Waals surface area contributed by atoms with Crippen molar-refractivity contribution in [3.8, 4) is 11.3 Å². The Morgan fingerprint density at radius 1 is 0.861 bits per heavy atom. The predicted molar refractivity (Wildman–Crippen MR) is 147 cm³/mol. The number of nitrogens with zero attached hydrogens (tertiary/aromatic N) is 1. The van der Waals surface area contributed by atoms with Gasteiger partial charge in [0, 0.05) is 44.2 Å². The Bertz CT molecular complexity index is 1280. The van der Waals surface area contributed by atoms with Crippen molar-refractivity contribution < 1.29 is 30.0 Å². The molecule has 0 saturated carbocycles. The number of pyridine rings is 1. The number of rotatable bonds is 8. The molecule has 4 aromatic rings. The number of aliphatic hydroxyl groups excluding tert-OH is 1. The Kier molecular flexibility index (Phi) is 12.0. The Morgan fingerprint density at radius 3 is 2.06 bits per heavy atom. The van der Waals surface area contributed by atoms with E-state index in [9.17, 15) is 9.90 Å². The van der Waals surface area contributed by atoms with E-state index in [1.165, 1.54) is 27.6 Å². The van der Waals surface area contributed by atoms with Crippen LogP contribution in [0.15, 0.2) is 84.8 Å². The fourth-order valence-electron chi connectivity index (χ4n) is 4.40. The number of allylic oxidation sites excluding steroid dienone is 2. The van der Waals surface area contributed by atoms with Crippen LogP contribution in [0.4, 0.5) is 0 Å². The normalized spacial score (nSPS) is 11.3. The molecule has 4 heteroatoms. The first-order chi connectivity index (χ1) is 17.0. The van der Waals surface area contributed by atoms with Gasteiger partial charge in [0.2, 0.25) is 0 Å². The average molecular weight is 659 g/mol.